The highest BCUT2D eigenvalue weighted by molar-refractivity contribution is 6.11. The van der Waals surface area contributed by atoms with Gasteiger partial charge in [-0.2, -0.15) is 0 Å². The van der Waals surface area contributed by atoms with E-state index in [1.807, 2.05) is 73.7 Å². The third kappa shape index (κ3) is 3.02. The van der Waals surface area contributed by atoms with Crippen LogP contribution in [-0.4, -0.2) is 25.6 Å². The van der Waals surface area contributed by atoms with Gasteiger partial charge in [0, 0.05) is 19.7 Å². The van der Waals surface area contributed by atoms with Crippen LogP contribution in [0.5, 0.6) is 5.75 Å². The summed E-state index contributed by atoms with van der Waals surface area (Å²) in [5.74, 6) is 0.719. The first-order valence-electron chi connectivity index (χ1n) is 11.6. The molecule has 3 heterocycles. The van der Waals surface area contributed by atoms with E-state index in [2.05, 4.69) is 10.5 Å². The quantitative estimate of drug-likeness (QED) is 0.372. The highest BCUT2D eigenvalue weighted by atomic mass is 16.5. The van der Waals surface area contributed by atoms with E-state index < -0.39 is 0 Å². The molecule has 7 heteroatoms. The number of benzene rings is 3. The second-order valence-electron chi connectivity index (χ2n) is 9.01. The van der Waals surface area contributed by atoms with Crippen molar-refractivity contribution in [2.75, 3.05) is 7.11 Å². The summed E-state index contributed by atoms with van der Waals surface area (Å²) in [5, 5.41) is 0.469. The molecule has 0 unspecified atom stereocenters. The summed E-state index contributed by atoms with van der Waals surface area (Å²) < 4.78 is 10.2. The van der Waals surface area contributed by atoms with E-state index in [0.717, 1.165) is 43.6 Å². The number of ether oxygens (including phenoxy) is 1. The molecule has 0 aliphatic heterocycles. The average molecular weight is 477 g/mol. The monoisotopic (exact) mass is 476 g/mol. The van der Waals surface area contributed by atoms with Gasteiger partial charge in [-0.05, 0) is 55.0 Å². The molecule has 0 fully saturated rings. The second-order valence-corrected chi connectivity index (χ2v) is 9.01. The topological polar surface area (TPSA) is 70.5 Å². The van der Waals surface area contributed by atoms with Gasteiger partial charge in [0.15, 0.2) is 0 Å². The minimum Gasteiger partial charge on any atom is -0.497 e. The molecule has 0 radical (unpaired) electrons. The van der Waals surface area contributed by atoms with E-state index in [1.165, 1.54) is 7.05 Å². The SMILES string of the molecule is COc1ccc(-c2c3c(=O)n(C)c(=O)n(C)c3c3c(-c4cccc(C)c4)nc4ccccc4n23)cc1. The maximum atomic E-state index is 13.7. The third-order valence-electron chi connectivity index (χ3n) is 6.81. The van der Waals surface area contributed by atoms with Gasteiger partial charge < -0.3 is 9.14 Å². The maximum absolute atomic E-state index is 13.7. The van der Waals surface area contributed by atoms with Crippen molar-refractivity contribution in [3.63, 3.8) is 0 Å². The van der Waals surface area contributed by atoms with E-state index in [4.69, 9.17) is 9.72 Å². The van der Waals surface area contributed by atoms with Crippen LogP contribution in [0.1, 0.15) is 5.56 Å². The first-order valence-corrected chi connectivity index (χ1v) is 11.6. The van der Waals surface area contributed by atoms with Crippen LogP contribution in [0.15, 0.2) is 82.4 Å². The summed E-state index contributed by atoms with van der Waals surface area (Å²) in [4.78, 5) is 31.9. The molecule has 6 rings (SSSR count). The molecular weight excluding hydrogens is 452 g/mol. The van der Waals surface area contributed by atoms with Crippen LogP contribution in [0.2, 0.25) is 0 Å². The van der Waals surface area contributed by atoms with E-state index >= 15 is 0 Å². The summed E-state index contributed by atoms with van der Waals surface area (Å²) in [5.41, 5.74) is 6.46. The van der Waals surface area contributed by atoms with Gasteiger partial charge in [0.2, 0.25) is 0 Å². The number of hydrogen-bond acceptors (Lipinski definition) is 4. The molecule has 3 aromatic carbocycles. The van der Waals surface area contributed by atoms with Crippen LogP contribution >= 0.6 is 0 Å². The Morgan fingerprint density at radius 1 is 0.806 bits per heavy atom. The van der Waals surface area contributed by atoms with Crippen LogP contribution in [0.25, 0.3) is 50.0 Å². The molecule has 7 nitrogen and oxygen atoms in total. The Balaban J connectivity index is 1.96. The molecule has 0 amide bonds. The summed E-state index contributed by atoms with van der Waals surface area (Å²) in [6.45, 7) is 2.03. The smallest absolute Gasteiger partial charge is 0.331 e. The van der Waals surface area contributed by atoms with E-state index in [-0.39, 0.29) is 11.2 Å². The lowest BCUT2D eigenvalue weighted by molar-refractivity contribution is 0.415. The van der Waals surface area contributed by atoms with Gasteiger partial charge in [0.25, 0.3) is 5.56 Å². The van der Waals surface area contributed by atoms with Gasteiger partial charge in [-0.25, -0.2) is 9.78 Å². The van der Waals surface area contributed by atoms with Crippen molar-refractivity contribution in [2.24, 2.45) is 14.1 Å². The molecule has 0 saturated heterocycles. The second kappa shape index (κ2) is 7.95. The van der Waals surface area contributed by atoms with Crippen molar-refractivity contribution >= 4 is 27.5 Å². The third-order valence-corrected chi connectivity index (χ3v) is 6.81. The molecule has 0 aliphatic carbocycles. The van der Waals surface area contributed by atoms with Gasteiger partial charge in [0.05, 0.1) is 46.0 Å². The molecule has 0 spiro atoms. The van der Waals surface area contributed by atoms with E-state index in [1.54, 1.807) is 18.7 Å². The maximum Gasteiger partial charge on any atom is 0.331 e. The summed E-state index contributed by atoms with van der Waals surface area (Å²) in [6.07, 6.45) is 0. The first kappa shape index (κ1) is 21.9. The number of aryl methyl sites for hydroxylation is 2. The van der Waals surface area contributed by atoms with Gasteiger partial charge in [-0.1, -0.05) is 35.9 Å². The fraction of sp³-hybridized carbons (Fsp3) is 0.138. The lowest BCUT2D eigenvalue weighted by Crippen LogP contribution is -2.36. The van der Waals surface area contributed by atoms with Crippen LogP contribution in [0.4, 0.5) is 0 Å². The van der Waals surface area contributed by atoms with Crippen molar-refractivity contribution in [3.8, 4) is 28.3 Å². The van der Waals surface area contributed by atoms with E-state index in [9.17, 15) is 9.59 Å². The van der Waals surface area contributed by atoms with Crippen molar-refractivity contribution in [1.82, 2.24) is 18.5 Å². The van der Waals surface area contributed by atoms with Gasteiger partial charge >= 0.3 is 5.69 Å². The Bertz CT molecular complexity index is 1940. The Hall–Kier alpha value is -4.65. The van der Waals surface area contributed by atoms with Gasteiger partial charge in [-0.3, -0.25) is 13.9 Å². The Labute approximate surface area is 206 Å². The lowest BCUT2D eigenvalue weighted by Gasteiger charge is -2.12. The highest BCUT2D eigenvalue weighted by Crippen LogP contribution is 2.39. The van der Waals surface area contributed by atoms with Crippen LogP contribution in [0.3, 0.4) is 0 Å². The van der Waals surface area contributed by atoms with Crippen LogP contribution in [-0.2, 0) is 14.1 Å². The average Bonchev–Trinajstić information content (AvgIpc) is 3.27. The molecule has 0 atom stereocenters. The molecule has 0 N–H and O–H groups in total. The number of rotatable bonds is 3. The largest absolute Gasteiger partial charge is 0.497 e. The van der Waals surface area contributed by atoms with E-state index in [0.29, 0.717) is 22.3 Å². The minimum atomic E-state index is -0.385. The lowest BCUT2D eigenvalue weighted by atomic mass is 10.1. The summed E-state index contributed by atoms with van der Waals surface area (Å²) >= 11 is 0. The summed E-state index contributed by atoms with van der Waals surface area (Å²) in [7, 11) is 4.84. The Kier molecular flexibility index (Phi) is 4.83. The fourth-order valence-electron chi connectivity index (χ4n) is 5.06. The predicted octanol–water partition coefficient (Wildman–Crippen LogP) is 4.69. The van der Waals surface area contributed by atoms with Crippen LogP contribution in [0, 0.1) is 6.92 Å². The van der Waals surface area contributed by atoms with Crippen molar-refractivity contribution in [3.05, 3.63) is 99.2 Å². The number of methoxy groups -OCH3 is 1. The zero-order chi connectivity index (χ0) is 25.1. The number of para-hydroxylation sites is 2. The molecule has 178 valence electrons. The summed E-state index contributed by atoms with van der Waals surface area (Å²) in [6, 6.07) is 23.6. The van der Waals surface area contributed by atoms with Crippen LogP contribution < -0.4 is 16.0 Å². The first-order chi connectivity index (χ1) is 17.4. The number of hydrogen-bond donors (Lipinski definition) is 0. The molecule has 6 aromatic rings. The fourth-order valence-corrected chi connectivity index (χ4v) is 5.06. The zero-order valence-electron chi connectivity index (χ0n) is 20.4. The highest BCUT2D eigenvalue weighted by Gasteiger charge is 2.25. The normalized spacial score (nSPS) is 11.6. The number of fused-ring (bicyclic) bond motifs is 5. The van der Waals surface area contributed by atoms with Crippen molar-refractivity contribution in [1.29, 1.82) is 0 Å². The molecule has 0 bridgehead atoms. The Morgan fingerprint density at radius 2 is 1.56 bits per heavy atom. The number of aromatic nitrogens is 4. The predicted molar refractivity (Wildman–Crippen MR) is 143 cm³/mol. The van der Waals surface area contributed by atoms with Crippen molar-refractivity contribution < 1.29 is 4.74 Å². The zero-order valence-corrected chi connectivity index (χ0v) is 20.4. The van der Waals surface area contributed by atoms with Gasteiger partial charge in [-0.15, -0.1) is 0 Å². The molecular formula is C29H24N4O3. The standard InChI is InChI=1S/C29H24N4O3/c1-17-8-7-9-19(16-17)24-27-26-23(28(34)32(3)29(35)31(26)2)25(18-12-14-20(36-4)15-13-18)33(27)22-11-6-5-10-21(22)30-24/h5-16H,1-4H3. The molecule has 0 saturated carbocycles. The van der Waals surface area contributed by atoms with Crippen molar-refractivity contribution in [2.45, 2.75) is 6.92 Å². The minimum absolute atomic E-state index is 0.345. The molecule has 0 aliphatic rings. The van der Waals surface area contributed by atoms with Gasteiger partial charge in [0.1, 0.15) is 5.75 Å². The number of nitrogens with zero attached hydrogens (tertiary/aromatic N) is 4. The molecule has 36 heavy (non-hydrogen) atoms. The molecule has 3 aromatic heterocycles. The Morgan fingerprint density at radius 3 is 2.28 bits per heavy atom.